The highest BCUT2D eigenvalue weighted by atomic mass is 16.5. The van der Waals surface area contributed by atoms with Gasteiger partial charge in [-0.3, -0.25) is 10.1 Å². The molecule has 1 saturated heterocycles. The molecule has 1 amide bonds. The molecule has 210 valence electrons. The average molecular weight is 542 g/mol. The van der Waals surface area contributed by atoms with Gasteiger partial charge in [-0.15, -0.1) is 0 Å². The Morgan fingerprint density at radius 3 is 2.62 bits per heavy atom. The van der Waals surface area contributed by atoms with Crippen molar-refractivity contribution in [2.75, 3.05) is 40.0 Å². The van der Waals surface area contributed by atoms with E-state index in [0.717, 1.165) is 55.0 Å². The van der Waals surface area contributed by atoms with E-state index in [-0.39, 0.29) is 17.5 Å². The van der Waals surface area contributed by atoms with E-state index < -0.39 is 0 Å². The summed E-state index contributed by atoms with van der Waals surface area (Å²) >= 11 is 0. The van der Waals surface area contributed by atoms with Gasteiger partial charge in [0.1, 0.15) is 11.5 Å². The zero-order valence-corrected chi connectivity index (χ0v) is 23.2. The number of hydrogen-bond acceptors (Lipinski definition) is 6. The third-order valence-corrected chi connectivity index (χ3v) is 7.63. The summed E-state index contributed by atoms with van der Waals surface area (Å²) in [4.78, 5) is 13.0. The fourth-order valence-electron chi connectivity index (χ4n) is 5.46. The van der Waals surface area contributed by atoms with Gasteiger partial charge in [-0.2, -0.15) is 0 Å². The number of hydrogen-bond donors (Lipinski definition) is 3. The molecule has 2 aliphatic rings. The predicted molar refractivity (Wildman–Crippen MR) is 157 cm³/mol. The van der Waals surface area contributed by atoms with Gasteiger partial charge in [-0.25, -0.2) is 0 Å². The molecule has 2 aliphatic heterocycles. The Balaban J connectivity index is 1.08. The molecular formula is C33H39N3O4. The van der Waals surface area contributed by atoms with Crippen molar-refractivity contribution in [2.24, 2.45) is 0 Å². The minimum Gasteiger partial charge on any atom is -0.496 e. The van der Waals surface area contributed by atoms with Crippen LogP contribution in [0, 0.1) is 0 Å². The summed E-state index contributed by atoms with van der Waals surface area (Å²) in [6.45, 7) is 3.90. The van der Waals surface area contributed by atoms with E-state index in [1.54, 1.807) is 7.11 Å². The van der Waals surface area contributed by atoms with E-state index in [9.17, 15) is 4.79 Å². The first-order valence-corrected chi connectivity index (χ1v) is 14.1. The zero-order valence-electron chi connectivity index (χ0n) is 23.2. The number of rotatable bonds is 13. The summed E-state index contributed by atoms with van der Waals surface area (Å²) in [5, 5.41) is 10.4. The summed E-state index contributed by atoms with van der Waals surface area (Å²) in [5.41, 5.74) is 4.05. The molecule has 40 heavy (non-hydrogen) atoms. The third-order valence-electron chi connectivity index (χ3n) is 7.63. The Bertz CT molecular complexity index is 1280. The van der Waals surface area contributed by atoms with Crippen LogP contribution in [0.3, 0.4) is 0 Å². The highest BCUT2D eigenvalue weighted by molar-refractivity contribution is 5.95. The number of piperazine rings is 1. The lowest BCUT2D eigenvalue weighted by molar-refractivity contribution is -0.118. The van der Waals surface area contributed by atoms with Crippen molar-refractivity contribution < 1.29 is 19.0 Å². The molecule has 3 aromatic carbocycles. The number of benzene rings is 3. The third kappa shape index (κ3) is 6.91. The molecule has 1 fully saturated rings. The van der Waals surface area contributed by atoms with Gasteiger partial charge < -0.3 is 24.8 Å². The molecule has 2 heterocycles. The molecular weight excluding hydrogens is 502 g/mol. The number of carbonyl (C=O) groups excluding carboxylic acids is 1. The lowest BCUT2D eigenvalue weighted by Gasteiger charge is -2.46. The number of fused-ring (bicyclic) bond motifs is 2. The van der Waals surface area contributed by atoms with Crippen LogP contribution in [0.15, 0.2) is 90.5 Å². The number of amides is 1. The van der Waals surface area contributed by atoms with Crippen molar-refractivity contribution in [1.82, 2.24) is 16.0 Å². The second-order valence-corrected chi connectivity index (χ2v) is 10.4. The molecule has 7 nitrogen and oxygen atoms in total. The van der Waals surface area contributed by atoms with Gasteiger partial charge in [-0.05, 0) is 42.2 Å². The average Bonchev–Trinajstić information content (AvgIpc) is 3.00. The summed E-state index contributed by atoms with van der Waals surface area (Å²) in [6.07, 6.45) is 4.50. The van der Waals surface area contributed by atoms with Crippen LogP contribution in [-0.2, 0) is 28.1 Å². The van der Waals surface area contributed by atoms with Crippen molar-refractivity contribution in [3.8, 4) is 11.5 Å². The Morgan fingerprint density at radius 1 is 1.00 bits per heavy atom. The van der Waals surface area contributed by atoms with Crippen LogP contribution in [0.2, 0.25) is 0 Å². The van der Waals surface area contributed by atoms with E-state index in [4.69, 9.17) is 14.2 Å². The topological polar surface area (TPSA) is 80.9 Å². The number of ether oxygens (including phenoxy) is 3. The normalized spacial score (nSPS) is 19.9. The van der Waals surface area contributed by atoms with Crippen molar-refractivity contribution >= 4 is 5.91 Å². The molecule has 7 heteroatoms. The predicted octanol–water partition coefficient (Wildman–Crippen LogP) is 4.13. The smallest absolute Gasteiger partial charge is 0.248 e. The van der Waals surface area contributed by atoms with Crippen molar-refractivity contribution in [3.05, 3.63) is 107 Å². The molecule has 2 bridgehead atoms. The molecule has 0 aromatic heterocycles. The molecule has 0 spiro atoms. The Morgan fingerprint density at radius 2 is 1.80 bits per heavy atom. The highest BCUT2D eigenvalue weighted by Crippen LogP contribution is 2.34. The van der Waals surface area contributed by atoms with Crippen molar-refractivity contribution in [3.63, 3.8) is 0 Å². The van der Waals surface area contributed by atoms with Crippen LogP contribution in [0.5, 0.6) is 11.5 Å². The quantitative estimate of drug-likeness (QED) is 0.283. The Kier molecular flexibility index (Phi) is 9.50. The Labute approximate surface area is 236 Å². The second-order valence-electron chi connectivity index (χ2n) is 10.4. The van der Waals surface area contributed by atoms with Gasteiger partial charge in [0.25, 0.3) is 0 Å². The maximum atomic E-state index is 13.0. The van der Waals surface area contributed by atoms with Crippen LogP contribution >= 0.6 is 0 Å². The van der Waals surface area contributed by atoms with Gasteiger partial charge in [0.15, 0.2) is 0 Å². The molecule has 0 saturated carbocycles. The zero-order chi connectivity index (χ0) is 27.6. The fourth-order valence-corrected chi connectivity index (χ4v) is 5.46. The summed E-state index contributed by atoms with van der Waals surface area (Å²) in [6, 6.07) is 26.4. The summed E-state index contributed by atoms with van der Waals surface area (Å²) in [5.74, 6) is 1.70. The van der Waals surface area contributed by atoms with E-state index in [1.165, 1.54) is 11.1 Å². The van der Waals surface area contributed by atoms with Gasteiger partial charge >= 0.3 is 0 Å². The van der Waals surface area contributed by atoms with E-state index in [1.807, 2.05) is 54.6 Å². The van der Waals surface area contributed by atoms with Crippen LogP contribution < -0.4 is 25.4 Å². The summed E-state index contributed by atoms with van der Waals surface area (Å²) in [7, 11) is 1.67. The monoisotopic (exact) mass is 541 g/mol. The molecule has 0 aliphatic carbocycles. The largest absolute Gasteiger partial charge is 0.496 e. The van der Waals surface area contributed by atoms with Gasteiger partial charge in [0, 0.05) is 37.2 Å². The SMILES string of the molecule is COc1ccccc1COCCCOc1ccc(C23CC=C(C(=O)NCCc4ccccc4)C(CNC2)N3)cc1. The molecule has 0 radical (unpaired) electrons. The van der Waals surface area contributed by atoms with Gasteiger partial charge in [-0.1, -0.05) is 66.7 Å². The second kappa shape index (κ2) is 13.6. The van der Waals surface area contributed by atoms with Crippen LogP contribution in [0.25, 0.3) is 0 Å². The molecule has 2 unspecified atom stereocenters. The maximum absolute atomic E-state index is 13.0. The lowest BCUT2D eigenvalue weighted by atomic mass is 9.78. The van der Waals surface area contributed by atoms with Crippen LogP contribution in [-0.4, -0.2) is 51.9 Å². The van der Waals surface area contributed by atoms with Crippen LogP contribution in [0.1, 0.15) is 29.5 Å². The van der Waals surface area contributed by atoms with Crippen molar-refractivity contribution in [2.45, 2.75) is 37.5 Å². The minimum atomic E-state index is -0.235. The molecule has 5 rings (SSSR count). The lowest BCUT2D eigenvalue weighted by Crippen LogP contribution is -2.65. The van der Waals surface area contributed by atoms with Crippen molar-refractivity contribution in [1.29, 1.82) is 0 Å². The molecule has 3 N–H and O–H groups in total. The number of nitrogens with one attached hydrogen (secondary N) is 3. The summed E-state index contributed by atoms with van der Waals surface area (Å²) < 4.78 is 17.1. The first-order chi connectivity index (χ1) is 19.7. The van der Waals surface area contributed by atoms with Crippen LogP contribution in [0.4, 0.5) is 0 Å². The van der Waals surface area contributed by atoms with E-state index in [0.29, 0.717) is 26.4 Å². The Hall–Kier alpha value is -3.65. The standard InChI is InChI=1S/C33H39N3O4/c1-38-31-11-6-5-10-26(31)23-39-20-7-21-40-28-14-12-27(13-15-28)33-18-16-29(30(36-33)22-34-24-33)32(37)35-19-17-25-8-3-2-4-9-25/h2-6,8-16,30,34,36H,7,17-24H2,1H3,(H,35,37). The van der Waals surface area contributed by atoms with Gasteiger partial charge in [0.2, 0.25) is 5.91 Å². The number of carbonyl (C=O) groups is 1. The van der Waals surface area contributed by atoms with Gasteiger partial charge in [0.05, 0.1) is 38.5 Å². The number of methoxy groups -OCH3 is 1. The first kappa shape index (κ1) is 27.9. The minimum absolute atomic E-state index is 0.0152. The first-order valence-electron chi connectivity index (χ1n) is 14.1. The fraction of sp³-hybridized carbons (Fsp3) is 0.364. The van der Waals surface area contributed by atoms with E-state index in [2.05, 4.69) is 46.3 Å². The highest BCUT2D eigenvalue weighted by Gasteiger charge is 2.42. The number of para-hydroxylation sites is 1. The maximum Gasteiger partial charge on any atom is 0.248 e. The molecule has 2 atom stereocenters. The van der Waals surface area contributed by atoms with E-state index >= 15 is 0 Å². The molecule has 3 aromatic rings.